The predicted octanol–water partition coefficient (Wildman–Crippen LogP) is 4.64. The number of benzene rings is 1. The van der Waals surface area contributed by atoms with Gasteiger partial charge in [0.25, 0.3) is 0 Å². The zero-order valence-electron chi connectivity index (χ0n) is 18.4. The van der Waals surface area contributed by atoms with Crippen molar-refractivity contribution in [3.8, 4) is 11.4 Å². The molecule has 5 rings (SSSR count). The van der Waals surface area contributed by atoms with E-state index in [0.29, 0.717) is 23.9 Å². The second-order valence-electron chi connectivity index (χ2n) is 8.87. The molecule has 2 aromatic heterocycles. The lowest BCUT2D eigenvalue weighted by Gasteiger charge is -2.24. The van der Waals surface area contributed by atoms with Gasteiger partial charge in [-0.3, -0.25) is 4.90 Å². The molecule has 1 aliphatic carbocycles. The smallest absolute Gasteiger partial charge is 0.354 e. The summed E-state index contributed by atoms with van der Waals surface area (Å²) in [4.78, 5) is 18.8. The minimum absolute atomic E-state index is 0.0143. The van der Waals surface area contributed by atoms with Crippen LogP contribution in [0.4, 0.5) is 0 Å². The summed E-state index contributed by atoms with van der Waals surface area (Å²) in [6, 6.07) is 11.4. The van der Waals surface area contributed by atoms with Crippen LogP contribution in [0.25, 0.3) is 16.7 Å². The van der Waals surface area contributed by atoms with Crippen molar-refractivity contribution in [3.05, 3.63) is 47.8 Å². The van der Waals surface area contributed by atoms with Gasteiger partial charge in [-0.15, -0.1) is 0 Å². The molecule has 2 aliphatic rings. The van der Waals surface area contributed by atoms with Gasteiger partial charge in [0, 0.05) is 18.5 Å². The molecule has 3 aromatic rings. The van der Waals surface area contributed by atoms with Crippen LogP contribution in [0.5, 0.6) is 5.75 Å². The molecule has 1 aliphatic heterocycles. The standard InChI is InChI=1S/C25H30N4O3/c30-25(31)20-17-21(32-16-15-28-13-6-1-2-7-14-28)22-23(18-9-8-10-18)27-29(24(22)26-20)19-11-4-3-5-12-19/h3-5,11-12,17-18H,1-2,6-10,13-16H2,(H,30,31). The number of fused-ring (bicyclic) bond motifs is 1. The number of likely N-dealkylation sites (tertiary alicyclic amines) is 1. The third-order valence-electron chi connectivity index (χ3n) is 6.70. The molecule has 168 valence electrons. The molecular weight excluding hydrogens is 404 g/mol. The van der Waals surface area contributed by atoms with Gasteiger partial charge in [-0.05, 0) is 50.9 Å². The van der Waals surface area contributed by atoms with E-state index < -0.39 is 5.97 Å². The van der Waals surface area contributed by atoms with Crippen LogP contribution >= 0.6 is 0 Å². The van der Waals surface area contributed by atoms with Crippen molar-refractivity contribution >= 4 is 17.0 Å². The maximum absolute atomic E-state index is 11.9. The van der Waals surface area contributed by atoms with Crippen molar-refractivity contribution in [1.29, 1.82) is 0 Å². The molecule has 7 heteroatoms. The maximum Gasteiger partial charge on any atom is 0.354 e. The van der Waals surface area contributed by atoms with Crippen molar-refractivity contribution in [2.24, 2.45) is 0 Å². The number of hydrogen-bond donors (Lipinski definition) is 1. The Kier molecular flexibility index (Phi) is 6.08. The molecule has 3 heterocycles. The van der Waals surface area contributed by atoms with Gasteiger partial charge >= 0.3 is 5.97 Å². The van der Waals surface area contributed by atoms with Gasteiger partial charge in [-0.1, -0.05) is 37.5 Å². The minimum Gasteiger partial charge on any atom is -0.491 e. The first kappa shape index (κ1) is 20.9. The third-order valence-corrected chi connectivity index (χ3v) is 6.70. The van der Waals surface area contributed by atoms with E-state index in [4.69, 9.17) is 9.84 Å². The fraction of sp³-hybridized carbons (Fsp3) is 0.480. The van der Waals surface area contributed by atoms with Crippen molar-refractivity contribution in [2.75, 3.05) is 26.2 Å². The number of hydrogen-bond acceptors (Lipinski definition) is 5. The number of aromatic nitrogens is 3. The lowest BCUT2D eigenvalue weighted by molar-refractivity contribution is 0.0690. The molecule has 1 saturated heterocycles. The molecule has 1 saturated carbocycles. The lowest BCUT2D eigenvalue weighted by Crippen LogP contribution is -2.29. The highest BCUT2D eigenvalue weighted by molar-refractivity contribution is 5.94. The zero-order valence-corrected chi connectivity index (χ0v) is 18.4. The molecular formula is C25H30N4O3. The van der Waals surface area contributed by atoms with Crippen LogP contribution in [-0.4, -0.2) is 57.0 Å². The van der Waals surface area contributed by atoms with Crippen molar-refractivity contribution in [2.45, 2.75) is 50.9 Å². The van der Waals surface area contributed by atoms with Crippen LogP contribution in [0.3, 0.4) is 0 Å². The first-order valence-corrected chi connectivity index (χ1v) is 11.8. The summed E-state index contributed by atoms with van der Waals surface area (Å²) in [7, 11) is 0. The van der Waals surface area contributed by atoms with Crippen molar-refractivity contribution < 1.29 is 14.6 Å². The Morgan fingerprint density at radius 1 is 1.06 bits per heavy atom. The zero-order chi connectivity index (χ0) is 21.9. The second kappa shape index (κ2) is 9.28. The summed E-state index contributed by atoms with van der Waals surface area (Å²) < 4.78 is 8.04. The van der Waals surface area contributed by atoms with Crippen LogP contribution in [0, 0.1) is 0 Å². The van der Waals surface area contributed by atoms with E-state index >= 15 is 0 Å². The molecule has 7 nitrogen and oxygen atoms in total. The molecule has 0 spiro atoms. The lowest BCUT2D eigenvalue weighted by atomic mass is 9.82. The molecule has 0 atom stereocenters. The largest absolute Gasteiger partial charge is 0.491 e. The molecule has 1 aromatic carbocycles. The Bertz CT molecular complexity index is 1080. The summed E-state index contributed by atoms with van der Waals surface area (Å²) in [5.74, 6) is -0.102. The number of para-hydroxylation sites is 1. The van der Waals surface area contributed by atoms with Gasteiger partial charge in [0.05, 0.1) is 16.8 Å². The number of ether oxygens (including phenoxy) is 1. The SMILES string of the molecule is O=C(O)c1cc(OCCN2CCCCCC2)c2c(C3CCC3)nn(-c3ccccc3)c2n1. The molecule has 1 N–H and O–H groups in total. The molecule has 0 unspecified atom stereocenters. The fourth-order valence-corrected chi connectivity index (χ4v) is 4.69. The van der Waals surface area contributed by atoms with E-state index in [1.807, 2.05) is 30.3 Å². The van der Waals surface area contributed by atoms with Gasteiger partial charge in [-0.25, -0.2) is 14.5 Å². The molecule has 0 amide bonds. The Morgan fingerprint density at radius 2 is 1.81 bits per heavy atom. The molecule has 2 fully saturated rings. The van der Waals surface area contributed by atoms with Gasteiger partial charge < -0.3 is 9.84 Å². The van der Waals surface area contributed by atoms with E-state index in [9.17, 15) is 9.90 Å². The monoisotopic (exact) mass is 434 g/mol. The van der Waals surface area contributed by atoms with E-state index in [-0.39, 0.29) is 5.69 Å². The summed E-state index contributed by atoms with van der Waals surface area (Å²) in [5.41, 5.74) is 2.39. The van der Waals surface area contributed by atoms with Gasteiger partial charge in [-0.2, -0.15) is 5.10 Å². The third kappa shape index (κ3) is 4.21. The minimum atomic E-state index is -1.06. The van der Waals surface area contributed by atoms with Crippen LogP contribution in [-0.2, 0) is 0 Å². The Hall–Kier alpha value is -2.93. The second-order valence-corrected chi connectivity index (χ2v) is 8.87. The number of carboxylic acids is 1. The molecule has 32 heavy (non-hydrogen) atoms. The number of nitrogens with zero attached hydrogens (tertiary/aromatic N) is 4. The summed E-state index contributed by atoms with van der Waals surface area (Å²) >= 11 is 0. The highest BCUT2D eigenvalue weighted by Gasteiger charge is 2.29. The quantitative estimate of drug-likeness (QED) is 0.583. The van der Waals surface area contributed by atoms with Gasteiger partial charge in [0.2, 0.25) is 0 Å². The predicted molar refractivity (Wildman–Crippen MR) is 123 cm³/mol. The normalized spacial score (nSPS) is 17.8. The summed E-state index contributed by atoms with van der Waals surface area (Å²) in [6.07, 6.45) is 8.44. The Labute approximate surface area is 188 Å². The average Bonchev–Trinajstić information content (AvgIpc) is 2.94. The molecule has 0 radical (unpaired) electrons. The van der Waals surface area contributed by atoms with E-state index in [2.05, 4.69) is 9.88 Å². The maximum atomic E-state index is 11.9. The van der Waals surface area contributed by atoms with Crippen molar-refractivity contribution in [1.82, 2.24) is 19.7 Å². The van der Waals surface area contributed by atoms with Gasteiger partial charge in [0.15, 0.2) is 11.3 Å². The Morgan fingerprint density at radius 3 is 2.47 bits per heavy atom. The number of pyridine rings is 1. The first-order chi connectivity index (χ1) is 15.7. The highest BCUT2D eigenvalue weighted by atomic mass is 16.5. The summed E-state index contributed by atoms with van der Waals surface area (Å²) in [6.45, 7) is 3.58. The van der Waals surface area contributed by atoms with Crippen LogP contribution in [0.2, 0.25) is 0 Å². The summed E-state index contributed by atoms with van der Waals surface area (Å²) in [5, 5.41) is 15.5. The highest BCUT2D eigenvalue weighted by Crippen LogP contribution is 2.42. The van der Waals surface area contributed by atoms with Crippen LogP contribution in [0.1, 0.15) is 67.0 Å². The van der Waals surface area contributed by atoms with E-state index in [0.717, 1.165) is 49.2 Å². The fourth-order valence-electron chi connectivity index (χ4n) is 4.69. The number of aromatic carboxylic acids is 1. The van der Waals surface area contributed by atoms with Crippen LogP contribution < -0.4 is 4.74 Å². The number of rotatable bonds is 7. The average molecular weight is 435 g/mol. The van der Waals surface area contributed by atoms with Crippen molar-refractivity contribution in [3.63, 3.8) is 0 Å². The number of carbonyl (C=O) groups is 1. The first-order valence-electron chi connectivity index (χ1n) is 11.8. The molecule has 0 bridgehead atoms. The Balaban J connectivity index is 1.53. The van der Waals surface area contributed by atoms with Gasteiger partial charge in [0.1, 0.15) is 12.4 Å². The van der Waals surface area contributed by atoms with E-state index in [1.54, 1.807) is 10.7 Å². The topological polar surface area (TPSA) is 80.5 Å². The van der Waals surface area contributed by atoms with E-state index in [1.165, 1.54) is 32.1 Å². The van der Waals surface area contributed by atoms with Crippen LogP contribution in [0.15, 0.2) is 36.4 Å². The number of carboxylic acid groups (broad SMARTS) is 1.